The molecule has 4 nitrogen and oxygen atoms in total. The van der Waals surface area contributed by atoms with Gasteiger partial charge in [-0.15, -0.1) is 11.6 Å². The van der Waals surface area contributed by atoms with Crippen molar-refractivity contribution in [2.75, 3.05) is 26.4 Å². The second-order valence-corrected chi connectivity index (χ2v) is 5.15. The van der Waals surface area contributed by atoms with Gasteiger partial charge in [-0.2, -0.15) is 0 Å². The van der Waals surface area contributed by atoms with Crippen LogP contribution < -0.4 is 5.73 Å². The van der Waals surface area contributed by atoms with Crippen molar-refractivity contribution in [1.82, 2.24) is 0 Å². The number of hydrogen-bond donors (Lipinski definition) is 1. The van der Waals surface area contributed by atoms with Gasteiger partial charge in [-0.3, -0.25) is 0 Å². The fraction of sp³-hybridized carbons (Fsp3) is 0.562. The van der Waals surface area contributed by atoms with Crippen LogP contribution in [0.3, 0.4) is 0 Å². The first-order chi connectivity index (χ1) is 10.3. The molecule has 0 amide bonds. The number of benzene rings is 1. The molecule has 0 spiro atoms. The summed E-state index contributed by atoms with van der Waals surface area (Å²) in [6.45, 7) is 4.37. The maximum Gasteiger partial charge on any atom is 0.129 e. The highest BCUT2D eigenvalue weighted by molar-refractivity contribution is 6.35. The normalized spacial score (nSPS) is 13.2. The summed E-state index contributed by atoms with van der Waals surface area (Å²) in [6, 6.07) is 9.87. The lowest BCUT2D eigenvalue weighted by Gasteiger charge is -2.13. The first kappa shape index (κ1) is 18.0. The minimum atomic E-state index is -0.174. The third-order valence-corrected chi connectivity index (χ3v) is 3.36. The van der Waals surface area contributed by atoms with Gasteiger partial charge in [0.05, 0.1) is 5.38 Å². The van der Waals surface area contributed by atoms with Crippen LogP contribution in [0.5, 0.6) is 0 Å². The molecule has 21 heavy (non-hydrogen) atoms. The topological polar surface area (TPSA) is 56.8 Å². The number of nitrogens with zero attached hydrogens (tertiary/aromatic N) is 1. The van der Waals surface area contributed by atoms with Crippen molar-refractivity contribution in [3.63, 3.8) is 0 Å². The zero-order chi connectivity index (χ0) is 15.3. The number of ether oxygens (including phenoxy) is 1. The van der Waals surface area contributed by atoms with E-state index in [2.05, 4.69) is 5.16 Å². The molecule has 0 aliphatic rings. The van der Waals surface area contributed by atoms with Gasteiger partial charge in [0.15, 0.2) is 0 Å². The summed E-state index contributed by atoms with van der Waals surface area (Å²) in [5.41, 5.74) is 7.17. The molecule has 0 aliphatic carbocycles. The Balaban J connectivity index is 2.57. The summed E-state index contributed by atoms with van der Waals surface area (Å²) >= 11 is 6.49. The summed E-state index contributed by atoms with van der Waals surface area (Å²) in [6.07, 6.45) is 2.84. The van der Waals surface area contributed by atoms with Crippen molar-refractivity contribution >= 4 is 17.3 Å². The summed E-state index contributed by atoms with van der Waals surface area (Å²) < 4.78 is 5.33. The largest absolute Gasteiger partial charge is 0.394 e. The van der Waals surface area contributed by atoms with E-state index in [4.69, 9.17) is 26.9 Å². The molecule has 1 unspecified atom stereocenters. The smallest absolute Gasteiger partial charge is 0.129 e. The SMILES string of the molecule is CCOCCCCC(Cl)C(=NOCCN)c1ccccc1. The third-order valence-electron chi connectivity index (χ3n) is 2.94. The molecule has 1 rings (SSSR count). The van der Waals surface area contributed by atoms with Crippen LogP contribution in [-0.2, 0) is 9.57 Å². The van der Waals surface area contributed by atoms with Gasteiger partial charge in [-0.05, 0) is 26.2 Å². The van der Waals surface area contributed by atoms with E-state index in [1.807, 2.05) is 37.3 Å². The molecule has 0 bridgehead atoms. The van der Waals surface area contributed by atoms with E-state index in [0.29, 0.717) is 13.2 Å². The molecule has 2 N–H and O–H groups in total. The quantitative estimate of drug-likeness (QED) is 0.295. The number of oxime groups is 1. The molecule has 0 fully saturated rings. The van der Waals surface area contributed by atoms with E-state index in [1.54, 1.807) is 0 Å². The Hall–Kier alpha value is -1.10. The molecule has 0 saturated heterocycles. The second-order valence-electron chi connectivity index (χ2n) is 4.62. The first-order valence-electron chi connectivity index (χ1n) is 7.46. The third kappa shape index (κ3) is 7.46. The van der Waals surface area contributed by atoms with E-state index in [9.17, 15) is 0 Å². The van der Waals surface area contributed by atoms with Crippen molar-refractivity contribution in [2.45, 2.75) is 31.6 Å². The Bertz CT molecular complexity index is 399. The van der Waals surface area contributed by atoms with Crippen LogP contribution >= 0.6 is 11.6 Å². The summed E-state index contributed by atoms with van der Waals surface area (Å²) in [7, 11) is 0. The van der Waals surface area contributed by atoms with Gasteiger partial charge in [0.25, 0.3) is 0 Å². The predicted molar refractivity (Wildman–Crippen MR) is 88.0 cm³/mol. The molecule has 118 valence electrons. The van der Waals surface area contributed by atoms with Crippen LogP contribution in [0.1, 0.15) is 31.7 Å². The molecule has 0 saturated carbocycles. The maximum absolute atomic E-state index is 6.49. The van der Waals surface area contributed by atoms with Crippen LogP contribution in [0.25, 0.3) is 0 Å². The van der Waals surface area contributed by atoms with Gasteiger partial charge < -0.3 is 15.3 Å². The standard InChI is InChI=1S/C16H25ClN2O2/c1-2-20-12-7-6-10-15(17)16(19-21-13-11-18)14-8-4-3-5-9-14/h3-5,8-9,15H,2,6-7,10-13,18H2,1H3. The van der Waals surface area contributed by atoms with Gasteiger partial charge >= 0.3 is 0 Å². The molecule has 0 radical (unpaired) electrons. The fourth-order valence-corrected chi connectivity index (χ4v) is 2.20. The zero-order valence-corrected chi connectivity index (χ0v) is 13.4. The molecule has 0 heterocycles. The van der Waals surface area contributed by atoms with Crippen LogP contribution in [0.4, 0.5) is 0 Å². The molecular formula is C16H25ClN2O2. The van der Waals surface area contributed by atoms with Crippen LogP contribution in [-0.4, -0.2) is 37.5 Å². The Morgan fingerprint density at radius 2 is 2.00 bits per heavy atom. The highest BCUT2D eigenvalue weighted by atomic mass is 35.5. The number of alkyl halides is 1. The van der Waals surface area contributed by atoms with E-state index in [0.717, 1.165) is 43.8 Å². The molecule has 1 aromatic rings. The molecule has 1 atom stereocenters. The van der Waals surface area contributed by atoms with Crippen molar-refractivity contribution in [1.29, 1.82) is 0 Å². The van der Waals surface area contributed by atoms with Gasteiger partial charge in [-0.25, -0.2) is 0 Å². The Morgan fingerprint density at radius 1 is 1.24 bits per heavy atom. The van der Waals surface area contributed by atoms with E-state index in [-0.39, 0.29) is 5.38 Å². The van der Waals surface area contributed by atoms with Crippen LogP contribution in [0.2, 0.25) is 0 Å². The average molecular weight is 313 g/mol. The van der Waals surface area contributed by atoms with Crippen molar-refractivity contribution in [3.05, 3.63) is 35.9 Å². The maximum atomic E-state index is 6.49. The molecule has 0 aliphatic heterocycles. The number of rotatable bonds is 11. The Labute approximate surface area is 132 Å². The summed E-state index contributed by atoms with van der Waals surface area (Å²) in [5.74, 6) is 0. The number of hydrogen-bond acceptors (Lipinski definition) is 4. The molecule has 1 aromatic carbocycles. The van der Waals surface area contributed by atoms with E-state index >= 15 is 0 Å². The monoisotopic (exact) mass is 312 g/mol. The van der Waals surface area contributed by atoms with E-state index < -0.39 is 0 Å². The van der Waals surface area contributed by atoms with Crippen molar-refractivity contribution < 1.29 is 9.57 Å². The van der Waals surface area contributed by atoms with Crippen molar-refractivity contribution in [2.24, 2.45) is 10.9 Å². The molecule has 0 aromatic heterocycles. The summed E-state index contributed by atoms with van der Waals surface area (Å²) in [5, 5.41) is 4.00. The minimum Gasteiger partial charge on any atom is -0.394 e. The van der Waals surface area contributed by atoms with Crippen LogP contribution in [0.15, 0.2) is 35.5 Å². The molecule has 5 heteroatoms. The minimum absolute atomic E-state index is 0.174. The zero-order valence-electron chi connectivity index (χ0n) is 12.6. The van der Waals surface area contributed by atoms with Gasteiger partial charge in [-0.1, -0.05) is 35.5 Å². The highest BCUT2D eigenvalue weighted by Crippen LogP contribution is 2.16. The fourth-order valence-electron chi connectivity index (χ4n) is 1.88. The average Bonchev–Trinajstić information content (AvgIpc) is 2.52. The lowest BCUT2D eigenvalue weighted by Crippen LogP contribution is -2.18. The van der Waals surface area contributed by atoms with Gasteiger partial charge in [0.2, 0.25) is 0 Å². The number of halogens is 1. The predicted octanol–water partition coefficient (Wildman–Crippen LogP) is 3.18. The van der Waals surface area contributed by atoms with Crippen LogP contribution in [0, 0.1) is 0 Å². The molecular weight excluding hydrogens is 288 g/mol. The lowest BCUT2D eigenvalue weighted by atomic mass is 10.0. The van der Waals surface area contributed by atoms with E-state index in [1.165, 1.54) is 0 Å². The number of unbranched alkanes of at least 4 members (excludes halogenated alkanes) is 1. The first-order valence-corrected chi connectivity index (χ1v) is 7.90. The van der Waals surface area contributed by atoms with Gasteiger partial charge in [0.1, 0.15) is 12.3 Å². The highest BCUT2D eigenvalue weighted by Gasteiger charge is 2.15. The summed E-state index contributed by atoms with van der Waals surface area (Å²) in [4.78, 5) is 5.22. The Kier molecular flexibility index (Phi) is 9.87. The van der Waals surface area contributed by atoms with Gasteiger partial charge in [0, 0.05) is 25.3 Å². The number of nitrogens with two attached hydrogens (primary N) is 1. The van der Waals surface area contributed by atoms with Crippen molar-refractivity contribution in [3.8, 4) is 0 Å². The second kappa shape index (κ2) is 11.5. The Morgan fingerprint density at radius 3 is 2.67 bits per heavy atom. The lowest BCUT2D eigenvalue weighted by molar-refractivity contribution is 0.143.